The molecule has 0 aliphatic rings. The molecule has 150 valence electrons. The third-order valence-electron chi connectivity index (χ3n) is 6.36. The number of furan rings is 1. The van der Waals surface area contributed by atoms with Crippen LogP contribution in [0, 0.1) is 0 Å². The van der Waals surface area contributed by atoms with Crippen molar-refractivity contribution in [3.8, 4) is 16.8 Å². The van der Waals surface area contributed by atoms with Crippen LogP contribution in [0.4, 0.5) is 0 Å². The van der Waals surface area contributed by atoms with Crippen LogP contribution < -0.4 is 0 Å². The van der Waals surface area contributed by atoms with Crippen molar-refractivity contribution in [1.82, 2.24) is 9.55 Å². The van der Waals surface area contributed by atoms with Crippen LogP contribution in [0.1, 0.15) is 0 Å². The molecular formula is C29H18N2O. The summed E-state index contributed by atoms with van der Waals surface area (Å²) in [6.07, 6.45) is 5.63. The molecule has 0 atom stereocenters. The second kappa shape index (κ2) is 6.56. The summed E-state index contributed by atoms with van der Waals surface area (Å²) in [6.45, 7) is 0. The molecule has 32 heavy (non-hydrogen) atoms. The summed E-state index contributed by atoms with van der Waals surface area (Å²) in [5.41, 5.74) is 6.60. The van der Waals surface area contributed by atoms with Gasteiger partial charge in [0.05, 0.1) is 17.3 Å². The number of hydrogen-bond acceptors (Lipinski definition) is 2. The zero-order chi connectivity index (χ0) is 21.1. The molecule has 3 heteroatoms. The summed E-state index contributed by atoms with van der Waals surface area (Å²) in [6, 6.07) is 32.0. The van der Waals surface area contributed by atoms with Crippen molar-refractivity contribution in [1.29, 1.82) is 0 Å². The Hall–Kier alpha value is -4.37. The van der Waals surface area contributed by atoms with Crippen LogP contribution in [-0.2, 0) is 0 Å². The fourth-order valence-electron chi connectivity index (χ4n) is 4.88. The number of fused-ring (bicyclic) bond motifs is 6. The summed E-state index contributed by atoms with van der Waals surface area (Å²) in [5, 5.41) is 5.90. The first-order chi connectivity index (χ1) is 15.9. The highest BCUT2D eigenvalue weighted by atomic mass is 16.3. The Morgan fingerprint density at radius 1 is 0.625 bits per heavy atom. The number of benzene rings is 4. The van der Waals surface area contributed by atoms with Gasteiger partial charge in [0.15, 0.2) is 5.58 Å². The molecule has 0 bridgehead atoms. The van der Waals surface area contributed by atoms with E-state index in [1.165, 1.54) is 21.7 Å². The van der Waals surface area contributed by atoms with E-state index in [4.69, 9.17) is 4.42 Å². The SMILES string of the molecule is c1ccc2c(-c3ccc(-n4c5ccccc5c5ccc6ccoc6c54)cc3)cncc2c1. The molecule has 0 aliphatic heterocycles. The summed E-state index contributed by atoms with van der Waals surface area (Å²) in [7, 11) is 0. The fraction of sp³-hybridized carbons (Fsp3) is 0. The minimum atomic E-state index is 0.918. The lowest BCUT2D eigenvalue weighted by atomic mass is 10.0. The van der Waals surface area contributed by atoms with Gasteiger partial charge in [-0.25, -0.2) is 0 Å². The van der Waals surface area contributed by atoms with E-state index in [2.05, 4.69) is 94.5 Å². The van der Waals surface area contributed by atoms with Crippen molar-refractivity contribution in [3.05, 3.63) is 110 Å². The smallest absolute Gasteiger partial charge is 0.158 e. The molecule has 0 saturated heterocycles. The molecule has 0 unspecified atom stereocenters. The molecule has 0 N–H and O–H groups in total. The number of nitrogens with zero attached hydrogens (tertiary/aromatic N) is 2. The van der Waals surface area contributed by atoms with Crippen LogP contribution in [0.15, 0.2) is 114 Å². The fourth-order valence-corrected chi connectivity index (χ4v) is 4.88. The normalized spacial score (nSPS) is 11.8. The van der Waals surface area contributed by atoms with Crippen LogP contribution >= 0.6 is 0 Å². The van der Waals surface area contributed by atoms with Crippen molar-refractivity contribution in [2.45, 2.75) is 0 Å². The standard InChI is InChI=1S/C29H18N2O/c1-2-6-23-21(5-1)17-30-18-26(23)19-9-12-22(13-10-19)31-27-8-4-3-7-24(27)25-14-11-20-15-16-32-29(20)28(25)31/h1-18H. The lowest BCUT2D eigenvalue weighted by molar-refractivity contribution is 0.618. The van der Waals surface area contributed by atoms with E-state index in [0.717, 1.165) is 38.7 Å². The van der Waals surface area contributed by atoms with Crippen molar-refractivity contribution < 1.29 is 4.42 Å². The summed E-state index contributed by atoms with van der Waals surface area (Å²) in [5.74, 6) is 0. The minimum Gasteiger partial charge on any atom is -0.462 e. The van der Waals surface area contributed by atoms with Crippen LogP contribution in [0.3, 0.4) is 0 Å². The molecule has 7 rings (SSSR count). The van der Waals surface area contributed by atoms with E-state index in [0.29, 0.717) is 0 Å². The van der Waals surface area contributed by atoms with Gasteiger partial charge in [-0.15, -0.1) is 0 Å². The molecule has 0 amide bonds. The first-order valence-electron chi connectivity index (χ1n) is 10.7. The number of para-hydroxylation sites is 1. The Morgan fingerprint density at radius 2 is 1.44 bits per heavy atom. The van der Waals surface area contributed by atoms with Gasteiger partial charge in [-0.1, -0.05) is 66.7 Å². The van der Waals surface area contributed by atoms with Crippen LogP contribution in [0.2, 0.25) is 0 Å². The predicted octanol–water partition coefficient (Wildman–Crippen LogP) is 7.75. The average Bonchev–Trinajstić information content (AvgIpc) is 3.46. The van der Waals surface area contributed by atoms with Crippen molar-refractivity contribution in [3.63, 3.8) is 0 Å². The first kappa shape index (κ1) is 17.3. The Balaban J connectivity index is 1.48. The minimum absolute atomic E-state index is 0.918. The number of pyridine rings is 1. The van der Waals surface area contributed by atoms with Gasteiger partial charge < -0.3 is 8.98 Å². The van der Waals surface area contributed by atoms with E-state index < -0.39 is 0 Å². The van der Waals surface area contributed by atoms with Gasteiger partial charge in [0.2, 0.25) is 0 Å². The van der Waals surface area contributed by atoms with E-state index in [1.807, 2.05) is 18.5 Å². The maximum atomic E-state index is 5.94. The van der Waals surface area contributed by atoms with E-state index in [9.17, 15) is 0 Å². The molecule has 4 aromatic carbocycles. The molecule has 0 fully saturated rings. The second-order valence-corrected chi connectivity index (χ2v) is 8.11. The van der Waals surface area contributed by atoms with Gasteiger partial charge in [0.1, 0.15) is 0 Å². The molecular weight excluding hydrogens is 392 g/mol. The number of aromatic nitrogens is 2. The lowest BCUT2D eigenvalue weighted by Crippen LogP contribution is -1.94. The van der Waals surface area contributed by atoms with Crippen LogP contribution in [0.25, 0.3) is 60.4 Å². The Kier molecular flexibility index (Phi) is 3.55. The van der Waals surface area contributed by atoms with E-state index in [1.54, 1.807) is 6.26 Å². The zero-order valence-electron chi connectivity index (χ0n) is 17.2. The Morgan fingerprint density at radius 3 is 2.34 bits per heavy atom. The van der Waals surface area contributed by atoms with Gasteiger partial charge >= 0.3 is 0 Å². The van der Waals surface area contributed by atoms with Crippen molar-refractivity contribution in [2.24, 2.45) is 0 Å². The molecule has 0 aliphatic carbocycles. The Labute approximate surface area is 184 Å². The van der Waals surface area contributed by atoms with Crippen LogP contribution in [-0.4, -0.2) is 9.55 Å². The van der Waals surface area contributed by atoms with E-state index >= 15 is 0 Å². The molecule has 3 heterocycles. The maximum Gasteiger partial charge on any atom is 0.158 e. The van der Waals surface area contributed by atoms with E-state index in [-0.39, 0.29) is 0 Å². The summed E-state index contributed by atoms with van der Waals surface area (Å²) >= 11 is 0. The number of hydrogen-bond donors (Lipinski definition) is 0. The highest BCUT2D eigenvalue weighted by Gasteiger charge is 2.16. The van der Waals surface area contributed by atoms with Crippen LogP contribution in [0.5, 0.6) is 0 Å². The van der Waals surface area contributed by atoms with Crippen molar-refractivity contribution in [2.75, 3.05) is 0 Å². The largest absolute Gasteiger partial charge is 0.462 e. The van der Waals surface area contributed by atoms with Gasteiger partial charge in [0, 0.05) is 45.2 Å². The van der Waals surface area contributed by atoms with Gasteiger partial charge in [-0.3, -0.25) is 4.98 Å². The monoisotopic (exact) mass is 410 g/mol. The topological polar surface area (TPSA) is 31.0 Å². The lowest BCUT2D eigenvalue weighted by Gasteiger charge is -2.10. The summed E-state index contributed by atoms with van der Waals surface area (Å²) < 4.78 is 8.24. The summed E-state index contributed by atoms with van der Waals surface area (Å²) in [4.78, 5) is 4.45. The average molecular weight is 410 g/mol. The third-order valence-corrected chi connectivity index (χ3v) is 6.36. The zero-order valence-corrected chi connectivity index (χ0v) is 17.2. The Bertz CT molecular complexity index is 1770. The third kappa shape index (κ3) is 2.39. The first-order valence-corrected chi connectivity index (χ1v) is 10.7. The van der Waals surface area contributed by atoms with Gasteiger partial charge in [-0.05, 0) is 35.2 Å². The number of rotatable bonds is 2. The molecule has 7 aromatic rings. The molecule has 0 radical (unpaired) electrons. The highest BCUT2D eigenvalue weighted by molar-refractivity contribution is 6.17. The molecule has 0 saturated carbocycles. The molecule has 0 spiro atoms. The second-order valence-electron chi connectivity index (χ2n) is 8.11. The quantitative estimate of drug-likeness (QED) is 0.292. The predicted molar refractivity (Wildman–Crippen MR) is 131 cm³/mol. The van der Waals surface area contributed by atoms with Gasteiger partial charge in [-0.2, -0.15) is 0 Å². The van der Waals surface area contributed by atoms with Gasteiger partial charge in [0.25, 0.3) is 0 Å². The highest BCUT2D eigenvalue weighted by Crippen LogP contribution is 2.37. The maximum absolute atomic E-state index is 5.94. The van der Waals surface area contributed by atoms with Crippen molar-refractivity contribution >= 4 is 43.5 Å². The molecule has 3 aromatic heterocycles. The molecule has 3 nitrogen and oxygen atoms in total.